The second-order valence-corrected chi connectivity index (χ2v) is 5.13. The fourth-order valence-electron chi connectivity index (χ4n) is 1.93. The maximum Gasteiger partial charge on any atom is 0.344 e. The van der Waals surface area contributed by atoms with Crippen LogP contribution < -0.4 is 5.63 Å². The molecule has 0 aliphatic rings. The van der Waals surface area contributed by atoms with E-state index in [1.165, 1.54) is 0 Å². The Hall–Kier alpha value is -1.62. The van der Waals surface area contributed by atoms with Crippen LogP contribution in [0, 0.1) is 3.57 Å². The summed E-state index contributed by atoms with van der Waals surface area (Å²) < 4.78 is 6.46. The summed E-state index contributed by atoms with van der Waals surface area (Å²) in [5.41, 5.74) is 0.656. The molecule has 0 unspecified atom stereocenters. The summed E-state index contributed by atoms with van der Waals surface area (Å²) >= 11 is 2.24. The Morgan fingerprint density at radius 2 is 1.67 bits per heavy atom. The molecule has 0 amide bonds. The van der Waals surface area contributed by atoms with Crippen LogP contribution in [-0.4, -0.2) is 0 Å². The Kier molecular flexibility index (Phi) is 2.91. The van der Waals surface area contributed by atoms with E-state index in [2.05, 4.69) is 22.6 Å². The van der Waals surface area contributed by atoms with Gasteiger partial charge in [0.1, 0.15) is 5.76 Å². The first kappa shape index (κ1) is 11.5. The predicted octanol–water partition coefficient (Wildman–Crippen LogP) is 4.06. The molecule has 3 rings (SSSR count). The van der Waals surface area contributed by atoms with Crippen LogP contribution in [0.5, 0.6) is 0 Å². The van der Waals surface area contributed by atoms with Crippen molar-refractivity contribution in [2.24, 2.45) is 0 Å². The van der Waals surface area contributed by atoms with Gasteiger partial charge in [-0.3, -0.25) is 0 Å². The molecule has 3 heteroatoms. The Labute approximate surface area is 117 Å². The van der Waals surface area contributed by atoms with Crippen molar-refractivity contribution in [1.29, 1.82) is 0 Å². The molecule has 18 heavy (non-hydrogen) atoms. The molecule has 1 heterocycles. The van der Waals surface area contributed by atoms with E-state index in [1.807, 2.05) is 48.5 Å². The average Bonchev–Trinajstić information content (AvgIpc) is 2.39. The normalized spacial score (nSPS) is 10.7. The zero-order valence-electron chi connectivity index (χ0n) is 9.39. The third kappa shape index (κ3) is 1.95. The van der Waals surface area contributed by atoms with Gasteiger partial charge in [-0.25, -0.2) is 4.79 Å². The molecule has 88 valence electrons. The summed E-state index contributed by atoms with van der Waals surface area (Å²) in [5, 5.41) is 1.52. The second-order valence-electron chi connectivity index (χ2n) is 3.97. The van der Waals surface area contributed by atoms with E-state index < -0.39 is 0 Å². The molecule has 3 aromatic rings. The minimum absolute atomic E-state index is 0.289. The van der Waals surface area contributed by atoms with Crippen LogP contribution in [0.1, 0.15) is 0 Å². The van der Waals surface area contributed by atoms with Crippen molar-refractivity contribution < 1.29 is 4.42 Å². The van der Waals surface area contributed by atoms with Gasteiger partial charge in [-0.1, -0.05) is 36.4 Å². The second kappa shape index (κ2) is 4.57. The molecular formula is C15H9IO2. The van der Waals surface area contributed by atoms with Gasteiger partial charge >= 0.3 is 5.63 Å². The minimum Gasteiger partial charge on any atom is -0.422 e. The van der Waals surface area contributed by atoms with Crippen molar-refractivity contribution in [2.75, 3.05) is 0 Å². The molecule has 2 aromatic carbocycles. The number of fused-ring (bicyclic) bond motifs is 1. The van der Waals surface area contributed by atoms with Gasteiger partial charge in [0.2, 0.25) is 0 Å². The van der Waals surface area contributed by atoms with Crippen molar-refractivity contribution in [2.45, 2.75) is 0 Å². The first-order chi connectivity index (χ1) is 8.75. The number of hydrogen-bond acceptors (Lipinski definition) is 2. The van der Waals surface area contributed by atoms with Crippen LogP contribution in [-0.2, 0) is 0 Å². The summed E-state index contributed by atoms with van der Waals surface area (Å²) in [6.45, 7) is 0. The average molecular weight is 348 g/mol. The molecule has 0 spiro atoms. The van der Waals surface area contributed by atoms with Crippen molar-refractivity contribution in [3.8, 4) is 11.3 Å². The monoisotopic (exact) mass is 348 g/mol. The van der Waals surface area contributed by atoms with Gasteiger partial charge in [0, 0.05) is 9.13 Å². The van der Waals surface area contributed by atoms with Gasteiger partial charge in [-0.05, 0) is 46.2 Å². The van der Waals surface area contributed by atoms with Crippen LogP contribution in [0.3, 0.4) is 0 Å². The minimum atomic E-state index is -0.289. The van der Waals surface area contributed by atoms with Gasteiger partial charge in [-0.2, -0.15) is 0 Å². The topological polar surface area (TPSA) is 30.2 Å². The third-order valence-electron chi connectivity index (χ3n) is 2.81. The lowest BCUT2D eigenvalue weighted by atomic mass is 10.1. The third-order valence-corrected chi connectivity index (χ3v) is 3.75. The smallest absolute Gasteiger partial charge is 0.344 e. The van der Waals surface area contributed by atoms with E-state index in [4.69, 9.17) is 4.42 Å². The highest BCUT2D eigenvalue weighted by atomic mass is 127. The molecule has 0 atom stereocenters. The molecule has 0 bridgehead atoms. The van der Waals surface area contributed by atoms with Gasteiger partial charge in [0.15, 0.2) is 0 Å². The number of hydrogen-bond donors (Lipinski definition) is 0. The zero-order valence-corrected chi connectivity index (χ0v) is 11.5. The highest BCUT2D eigenvalue weighted by Crippen LogP contribution is 2.26. The van der Waals surface area contributed by atoms with Crippen LogP contribution in [0.4, 0.5) is 0 Å². The molecule has 1 aromatic heterocycles. The standard InChI is InChI=1S/C15H9IO2/c16-13-8-4-3-7-12(13)14-9-10-5-1-2-6-11(10)15(17)18-14/h1-9H. The van der Waals surface area contributed by atoms with Crippen molar-refractivity contribution >= 4 is 33.4 Å². The highest BCUT2D eigenvalue weighted by Gasteiger charge is 2.08. The predicted molar refractivity (Wildman–Crippen MR) is 80.6 cm³/mol. The quantitative estimate of drug-likeness (QED) is 0.621. The maximum absolute atomic E-state index is 11.9. The molecule has 0 saturated heterocycles. The van der Waals surface area contributed by atoms with E-state index in [0.717, 1.165) is 14.5 Å². The fraction of sp³-hybridized carbons (Fsp3) is 0. The largest absolute Gasteiger partial charge is 0.422 e. The lowest BCUT2D eigenvalue weighted by Crippen LogP contribution is -2.00. The van der Waals surface area contributed by atoms with E-state index in [1.54, 1.807) is 6.07 Å². The van der Waals surface area contributed by atoms with Crippen LogP contribution in [0.25, 0.3) is 22.1 Å². The van der Waals surface area contributed by atoms with Crippen LogP contribution >= 0.6 is 22.6 Å². The first-order valence-corrected chi connectivity index (χ1v) is 6.61. The summed E-state index contributed by atoms with van der Waals surface area (Å²) in [7, 11) is 0. The summed E-state index contributed by atoms with van der Waals surface area (Å²) in [4.78, 5) is 11.9. The lowest BCUT2D eigenvalue weighted by molar-refractivity contribution is 0.534. The Bertz CT molecular complexity index is 775. The molecule has 0 aliphatic carbocycles. The van der Waals surface area contributed by atoms with Crippen LogP contribution in [0.15, 0.2) is 63.8 Å². The number of halogens is 1. The van der Waals surface area contributed by atoms with E-state index >= 15 is 0 Å². The summed E-state index contributed by atoms with van der Waals surface area (Å²) in [6.07, 6.45) is 0. The number of rotatable bonds is 1. The van der Waals surface area contributed by atoms with E-state index in [0.29, 0.717) is 11.1 Å². The Morgan fingerprint density at radius 1 is 0.944 bits per heavy atom. The molecule has 0 radical (unpaired) electrons. The van der Waals surface area contributed by atoms with Crippen molar-refractivity contribution in [3.63, 3.8) is 0 Å². The number of benzene rings is 2. The molecule has 0 aliphatic heterocycles. The molecule has 0 saturated carbocycles. The molecule has 2 nitrogen and oxygen atoms in total. The van der Waals surface area contributed by atoms with E-state index in [-0.39, 0.29) is 5.63 Å². The summed E-state index contributed by atoms with van der Waals surface area (Å²) in [5.74, 6) is 0.615. The Morgan fingerprint density at radius 3 is 2.50 bits per heavy atom. The maximum atomic E-state index is 11.9. The first-order valence-electron chi connectivity index (χ1n) is 5.53. The van der Waals surface area contributed by atoms with Gasteiger partial charge in [0.05, 0.1) is 5.39 Å². The molecular weight excluding hydrogens is 339 g/mol. The highest BCUT2D eigenvalue weighted by molar-refractivity contribution is 14.1. The lowest BCUT2D eigenvalue weighted by Gasteiger charge is -2.04. The fourth-order valence-corrected chi connectivity index (χ4v) is 2.58. The summed E-state index contributed by atoms with van der Waals surface area (Å²) in [6, 6.07) is 17.2. The zero-order chi connectivity index (χ0) is 12.5. The van der Waals surface area contributed by atoms with Crippen molar-refractivity contribution in [3.05, 3.63) is 68.6 Å². The van der Waals surface area contributed by atoms with Crippen molar-refractivity contribution in [1.82, 2.24) is 0 Å². The van der Waals surface area contributed by atoms with Gasteiger partial charge in [-0.15, -0.1) is 0 Å². The molecule has 0 fully saturated rings. The van der Waals surface area contributed by atoms with Gasteiger partial charge < -0.3 is 4.42 Å². The SMILES string of the molecule is O=c1oc(-c2ccccc2I)cc2ccccc12. The van der Waals surface area contributed by atoms with Gasteiger partial charge in [0.25, 0.3) is 0 Å². The van der Waals surface area contributed by atoms with Crippen LogP contribution in [0.2, 0.25) is 0 Å². The molecule has 0 N–H and O–H groups in total. The van der Waals surface area contributed by atoms with E-state index in [9.17, 15) is 4.79 Å². The Balaban J connectivity index is 2.32.